The van der Waals surface area contributed by atoms with E-state index in [1.165, 1.54) is 11.3 Å². The van der Waals surface area contributed by atoms with Crippen LogP contribution in [-0.4, -0.2) is 19.8 Å². The largest absolute Gasteiger partial charge is 0.250 e. The highest BCUT2D eigenvalue weighted by Gasteiger charge is 2.20. The van der Waals surface area contributed by atoms with Crippen LogP contribution in [0.15, 0.2) is 21.7 Å². The van der Waals surface area contributed by atoms with E-state index in [0.717, 1.165) is 12.8 Å². The number of hydrogen-bond acceptors (Lipinski definition) is 3. The molecule has 1 rings (SSSR count). The number of thiophene rings is 1. The van der Waals surface area contributed by atoms with Gasteiger partial charge in [0.2, 0.25) is 10.0 Å². The van der Waals surface area contributed by atoms with E-state index in [4.69, 9.17) is 0 Å². The molecule has 6 heteroatoms. The zero-order chi connectivity index (χ0) is 12.9. The van der Waals surface area contributed by atoms with Gasteiger partial charge in [0.15, 0.2) is 0 Å². The predicted molar refractivity (Wildman–Crippen MR) is 76.3 cm³/mol. The number of rotatable bonds is 7. The Morgan fingerprint density at radius 2 is 2.06 bits per heavy atom. The summed E-state index contributed by atoms with van der Waals surface area (Å²) in [5.74, 6) is 0.501. The quantitative estimate of drug-likeness (QED) is 0.775. The van der Waals surface area contributed by atoms with Crippen molar-refractivity contribution in [3.8, 4) is 0 Å². The molecule has 0 radical (unpaired) electrons. The summed E-state index contributed by atoms with van der Waals surface area (Å²) in [4.78, 5) is 0.187. The third-order valence-corrected chi connectivity index (χ3v) is 6.68. The minimum atomic E-state index is -3.32. The molecule has 0 saturated heterocycles. The molecule has 17 heavy (non-hydrogen) atoms. The molecule has 1 atom stereocenters. The molecule has 0 aromatic carbocycles. The Labute approximate surface area is 116 Å². The van der Waals surface area contributed by atoms with Crippen molar-refractivity contribution in [2.75, 3.05) is 6.54 Å². The molecule has 1 N–H and O–H groups in total. The second-order valence-electron chi connectivity index (χ2n) is 3.88. The monoisotopic (exact) mass is 339 g/mol. The predicted octanol–water partition coefficient (Wildman–Crippen LogP) is 3.23. The fourth-order valence-electron chi connectivity index (χ4n) is 1.64. The van der Waals surface area contributed by atoms with Gasteiger partial charge in [-0.25, -0.2) is 13.1 Å². The Balaban J connectivity index is 2.56. The maximum absolute atomic E-state index is 11.9. The van der Waals surface area contributed by atoms with Gasteiger partial charge in [0, 0.05) is 11.4 Å². The first-order valence-corrected chi connectivity index (χ1v) is 8.96. The fourth-order valence-corrected chi connectivity index (χ4v) is 4.87. The van der Waals surface area contributed by atoms with E-state index in [0.29, 0.717) is 16.7 Å². The van der Waals surface area contributed by atoms with Crippen molar-refractivity contribution >= 4 is 37.3 Å². The molecule has 3 nitrogen and oxygen atoms in total. The smallest absolute Gasteiger partial charge is 0.209 e. The van der Waals surface area contributed by atoms with Crippen LogP contribution in [0.3, 0.4) is 0 Å². The van der Waals surface area contributed by atoms with Crippen LogP contribution >= 0.6 is 27.3 Å². The van der Waals surface area contributed by atoms with E-state index in [1.54, 1.807) is 17.5 Å². The van der Waals surface area contributed by atoms with Crippen molar-refractivity contribution < 1.29 is 8.42 Å². The third kappa shape index (κ3) is 4.35. The van der Waals surface area contributed by atoms with E-state index in [-0.39, 0.29) is 4.83 Å². The Morgan fingerprint density at radius 1 is 1.41 bits per heavy atom. The van der Waals surface area contributed by atoms with Gasteiger partial charge in [0.1, 0.15) is 4.21 Å². The fraction of sp³-hybridized carbons (Fsp3) is 0.636. The van der Waals surface area contributed by atoms with E-state index in [9.17, 15) is 8.42 Å². The molecule has 0 bridgehead atoms. The standard InChI is InChI=1S/C11H18BrNO2S2/c1-3-9(4-2)10(12)8-13-17(14,15)11-6-5-7-16-11/h5-7,9-10,13H,3-4,8H2,1-2H3. The van der Waals surface area contributed by atoms with Crippen LogP contribution in [0.5, 0.6) is 0 Å². The molecular formula is C11H18BrNO2S2. The van der Waals surface area contributed by atoms with Gasteiger partial charge < -0.3 is 0 Å². The minimum absolute atomic E-state index is 0.187. The lowest BCUT2D eigenvalue weighted by molar-refractivity contribution is 0.471. The molecule has 0 fully saturated rings. The second-order valence-corrected chi connectivity index (χ2v) is 7.99. The molecule has 0 saturated carbocycles. The maximum atomic E-state index is 11.9. The van der Waals surface area contributed by atoms with Gasteiger partial charge in [-0.3, -0.25) is 0 Å². The summed E-state index contributed by atoms with van der Waals surface area (Å²) < 4.78 is 26.8. The number of hydrogen-bond donors (Lipinski definition) is 1. The topological polar surface area (TPSA) is 46.2 Å². The van der Waals surface area contributed by atoms with Gasteiger partial charge in [-0.15, -0.1) is 11.3 Å². The van der Waals surface area contributed by atoms with Crippen molar-refractivity contribution in [2.24, 2.45) is 5.92 Å². The average Bonchev–Trinajstić information content (AvgIpc) is 2.82. The van der Waals surface area contributed by atoms with Crippen molar-refractivity contribution in [1.29, 1.82) is 0 Å². The van der Waals surface area contributed by atoms with Gasteiger partial charge in [0.05, 0.1) is 0 Å². The molecule has 1 unspecified atom stereocenters. The van der Waals surface area contributed by atoms with Gasteiger partial charge >= 0.3 is 0 Å². The third-order valence-electron chi connectivity index (χ3n) is 2.79. The Hall–Kier alpha value is 0.0900. The second kappa shape index (κ2) is 6.87. The van der Waals surface area contributed by atoms with Crippen molar-refractivity contribution in [2.45, 2.75) is 35.7 Å². The molecule has 0 aliphatic rings. The van der Waals surface area contributed by atoms with Crippen LogP contribution in [0.2, 0.25) is 0 Å². The summed E-state index contributed by atoms with van der Waals surface area (Å²) in [6.45, 7) is 4.68. The van der Waals surface area contributed by atoms with E-state index in [1.807, 2.05) is 0 Å². The van der Waals surface area contributed by atoms with Gasteiger partial charge in [-0.2, -0.15) is 0 Å². The van der Waals surface area contributed by atoms with Crippen LogP contribution in [0, 0.1) is 5.92 Å². The first kappa shape index (κ1) is 15.1. The number of nitrogens with one attached hydrogen (secondary N) is 1. The molecule has 1 aromatic heterocycles. The van der Waals surface area contributed by atoms with Crippen molar-refractivity contribution in [3.63, 3.8) is 0 Å². The molecule has 0 aliphatic heterocycles. The molecule has 0 amide bonds. The van der Waals surface area contributed by atoms with Crippen molar-refractivity contribution in [3.05, 3.63) is 17.5 Å². The number of halogens is 1. The molecule has 98 valence electrons. The zero-order valence-electron chi connectivity index (χ0n) is 10.0. The van der Waals surface area contributed by atoms with E-state index >= 15 is 0 Å². The van der Waals surface area contributed by atoms with Crippen LogP contribution in [0.25, 0.3) is 0 Å². The van der Waals surface area contributed by atoms with Gasteiger partial charge in [0.25, 0.3) is 0 Å². The number of sulfonamides is 1. The highest BCUT2D eigenvalue weighted by molar-refractivity contribution is 9.09. The van der Waals surface area contributed by atoms with E-state index in [2.05, 4.69) is 34.5 Å². The summed E-state index contributed by atoms with van der Waals surface area (Å²) in [5, 5.41) is 1.76. The number of alkyl halides is 1. The maximum Gasteiger partial charge on any atom is 0.250 e. The summed E-state index contributed by atoms with van der Waals surface area (Å²) in [5.41, 5.74) is 0. The first-order chi connectivity index (χ1) is 8.01. The first-order valence-electron chi connectivity index (χ1n) is 5.68. The average molecular weight is 340 g/mol. The van der Waals surface area contributed by atoms with E-state index < -0.39 is 10.0 Å². The lowest BCUT2D eigenvalue weighted by Crippen LogP contribution is -2.32. The summed E-state index contributed by atoms with van der Waals surface area (Å²) in [6.07, 6.45) is 2.10. The van der Waals surface area contributed by atoms with Gasteiger partial charge in [-0.1, -0.05) is 48.7 Å². The zero-order valence-corrected chi connectivity index (χ0v) is 13.2. The lowest BCUT2D eigenvalue weighted by atomic mass is 10.00. The SMILES string of the molecule is CCC(CC)C(Br)CNS(=O)(=O)c1cccs1. The molecular weight excluding hydrogens is 322 g/mol. The van der Waals surface area contributed by atoms with Crippen LogP contribution < -0.4 is 4.72 Å². The summed E-state index contributed by atoms with van der Waals surface area (Å²) in [7, 11) is -3.32. The summed E-state index contributed by atoms with van der Waals surface area (Å²) in [6, 6.07) is 3.36. The van der Waals surface area contributed by atoms with Crippen LogP contribution in [-0.2, 0) is 10.0 Å². The molecule has 1 heterocycles. The minimum Gasteiger partial charge on any atom is -0.209 e. The summed E-state index contributed by atoms with van der Waals surface area (Å²) >= 11 is 4.79. The lowest BCUT2D eigenvalue weighted by Gasteiger charge is -2.19. The molecule has 1 aromatic rings. The molecule has 0 spiro atoms. The Morgan fingerprint density at radius 3 is 2.53 bits per heavy atom. The van der Waals surface area contributed by atoms with Crippen molar-refractivity contribution in [1.82, 2.24) is 4.72 Å². The highest BCUT2D eigenvalue weighted by atomic mass is 79.9. The van der Waals surface area contributed by atoms with Gasteiger partial charge in [-0.05, 0) is 17.4 Å². The van der Waals surface area contributed by atoms with Crippen LogP contribution in [0.1, 0.15) is 26.7 Å². The Bertz CT molecular complexity index is 413. The Kier molecular flexibility index (Phi) is 6.12. The highest BCUT2D eigenvalue weighted by Crippen LogP contribution is 2.21. The normalized spacial score (nSPS) is 14.1. The van der Waals surface area contributed by atoms with Crippen LogP contribution in [0.4, 0.5) is 0 Å². The molecule has 0 aliphatic carbocycles.